The zero-order chi connectivity index (χ0) is 10.8. The Morgan fingerprint density at radius 2 is 2.27 bits per heavy atom. The molecule has 0 heterocycles. The van der Waals surface area contributed by atoms with Crippen molar-refractivity contribution in [1.29, 1.82) is 0 Å². The van der Waals surface area contributed by atoms with Crippen LogP contribution < -0.4 is 11.1 Å². The normalized spacial score (nSPS) is 17.8. The molecule has 0 bridgehead atoms. The third kappa shape index (κ3) is 2.94. The number of hydrogen-bond acceptors (Lipinski definition) is 2. The van der Waals surface area contributed by atoms with Gasteiger partial charge in [0.15, 0.2) is 0 Å². The summed E-state index contributed by atoms with van der Waals surface area (Å²) in [6.07, 6.45) is 2.53. The molecular weight excluding hydrogens is 275 g/mol. The molecule has 1 aromatic rings. The topological polar surface area (TPSA) is 38.0 Å². The van der Waals surface area contributed by atoms with Crippen LogP contribution >= 0.6 is 27.5 Å². The van der Waals surface area contributed by atoms with Crippen LogP contribution in [0.25, 0.3) is 0 Å². The molecule has 15 heavy (non-hydrogen) atoms. The van der Waals surface area contributed by atoms with E-state index in [2.05, 4.69) is 21.2 Å². The highest BCUT2D eigenvalue weighted by atomic mass is 79.9. The van der Waals surface area contributed by atoms with Gasteiger partial charge >= 0.3 is 0 Å². The molecule has 2 rings (SSSR count). The van der Waals surface area contributed by atoms with Crippen LogP contribution in [-0.2, 0) is 0 Å². The van der Waals surface area contributed by atoms with Gasteiger partial charge in [0.1, 0.15) is 0 Å². The van der Waals surface area contributed by atoms with Gasteiger partial charge in [0, 0.05) is 28.1 Å². The van der Waals surface area contributed by atoms with Gasteiger partial charge in [0.2, 0.25) is 0 Å². The summed E-state index contributed by atoms with van der Waals surface area (Å²) in [4.78, 5) is 0. The van der Waals surface area contributed by atoms with Crippen molar-refractivity contribution in [2.75, 3.05) is 6.54 Å². The summed E-state index contributed by atoms with van der Waals surface area (Å²) in [6.45, 7) is 0.608. The monoisotopic (exact) mass is 288 g/mol. The van der Waals surface area contributed by atoms with Gasteiger partial charge in [-0.1, -0.05) is 33.6 Å². The predicted molar refractivity (Wildman–Crippen MR) is 67.1 cm³/mol. The molecule has 1 atom stereocenters. The highest BCUT2D eigenvalue weighted by Crippen LogP contribution is 2.29. The summed E-state index contributed by atoms with van der Waals surface area (Å²) in [5.74, 6) is 0. The summed E-state index contributed by atoms with van der Waals surface area (Å²) < 4.78 is 1.03. The molecule has 0 aromatic heterocycles. The van der Waals surface area contributed by atoms with Crippen molar-refractivity contribution >= 4 is 27.5 Å². The molecule has 0 saturated heterocycles. The van der Waals surface area contributed by atoms with Gasteiger partial charge in [-0.15, -0.1) is 0 Å². The maximum absolute atomic E-state index is 5.90. The first-order valence-corrected chi connectivity index (χ1v) is 6.29. The van der Waals surface area contributed by atoms with Crippen LogP contribution in [0.4, 0.5) is 0 Å². The third-order valence-corrected chi connectivity index (χ3v) is 3.51. The van der Waals surface area contributed by atoms with Crippen molar-refractivity contribution in [2.24, 2.45) is 5.73 Å². The molecule has 1 unspecified atom stereocenters. The lowest BCUT2D eigenvalue weighted by Crippen LogP contribution is -2.30. The van der Waals surface area contributed by atoms with E-state index in [-0.39, 0.29) is 6.04 Å². The molecule has 2 nitrogen and oxygen atoms in total. The Hall–Kier alpha value is -0.0900. The first-order valence-electron chi connectivity index (χ1n) is 5.12. The fraction of sp³-hybridized carbons (Fsp3) is 0.455. The standard InChI is InChI=1S/C11H14BrClN2/c12-10-5-7(13)1-4-9(10)11(6-14)15-8-2-3-8/h1,4-5,8,11,15H,2-3,6,14H2. The Balaban J connectivity index is 2.16. The van der Waals surface area contributed by atoms with Gasteiger partial charge in [0.25, 0.3) is 0 Å². The SMILES string of the molecule is NCC(NC1CC1)c1ccc(Cl)cc1Br. The number of halogens is 2. The molecule has 0 radical (unpaired) electrons. The van der Waals surface area contributed by atoms with E-state index >= 15 is 0 Å². The zero-order valence-corrected chi connectivity index (χ0v) is 10.7. The average Bonchev–Trinajstić information content (AvgIpc) is 2.99. The maximum Gasteiger partial charge on any atom is 0.0457 e. The molecule has 0 aliphatic heterocycles. The lowest BCUT2D eigenvalue weighted by molar-refractivity contribution is 0.537. The van der Waals surface area contributed by atoms with Crippen LogP contribution in [0, 0.1) is 0 Å². The van der Waals surface area contributed by atoms with Crippen LogP contribution in [0.1, 0.15) is 24.4 Å². The van der Waals surface area contributed by atoms with Crippen molar-refractivity contribution in [1.82, 2.24) is 5.32 Å². The van der Waals surface area contributed by atoms with E-state index in [0.717, 1.165) is 9.50 Å². The summed E-state index contributed by atoms with van der Waals surface area (Å²) in [5.41, 5.74) is 6.96. The first kappa shape index (κ1) is 11.4. The van der Waals surface area contributed by atoms with E-state index < -0.39 is 0 Å². The second-order valence-electron chi connectivity index (χ2n) is 3.90. The minimum Gasteiger partial charge on any atom is -0.329 e. The Bertz CT molecular complexity index is 352. The lowest BCUT2D eigenvalue weighted by Gasteiger charge is -2.18. The molecule has 1 fully saturated rings. The fourth-order valence-corrected chi connectivity index (χ4v) is 2.56. The lowest BCUT2D eigenvalue weighted by atomic mass is 10.1. The Morgan fingerprint density at radius 1 is 1.53 bits per heavy atom. The Labute approximate surface area is 103 Å². The smallest absolute Gasteiger partial charge is 0.0457 e. The largest absolute Gasteiger partial charge is 0.329 e. The van der Waals surface area contributed by atoms with E-state index in [1.54, 1.807) is 0 Å². The highest BCUT2D eigenvalue weighted by Gasteiger charge is 2.25. The van der Waals surface area contributed by atoms with Crippen LogP contribution in [-0.4, -0.2) is 12.6 Å². The second-order valence-corrected chi connectivity index (χ2v) is 5.19. The molecule has 1 aromatic carbocycles. The quantitative estimate of drug-likeness (QED) is 0.894. The van der Waals surface area contributed by atoms with Crippen molar-refractivity contribution in [2.45, 2.75) is 24.9 Å². The first-order chi connectivity index (χ1) is 7.20. The molecule has 0 amide bonds. The van der Waals surface area contributed by atoms with Gasteiger partial charge in [-0.25, -0.2) is 0 Å². The van der Waals surface area contributed by atoms with Gasteiger partial charge < -0.3 is 11.1 Å². The minimum atomic E-state index is 0.226. The molecular formula is C11H14BrClN2. The molecule has 82 valence electrons. The summed E-state index contributed by atoms with van der Waals surface area (Å²) >= 11 is 9.42. The van der Waals surface area contributed by atoms with Gasteiger partial charge in [-0.2, -0.15) is 0 Å². The van der Waals surface area contributed by atoms with Crippen LogP contribution in [0.15, 0.2) is 22.7 Å². The summed E-state index contributed by atoms with van der Waals surface area (Å²) in [7, 11) is 0. The van der Waals surface area contributed by atoms with Gasteiger partial charge in [-0.3, -0.25) is 0 Å². The average molecular weight is 290 g/mol. The van der Waals surface area contributed by atoms with Crippen molar-refractivity contribution in [3.63, 3.8) is 0 Å². The van der Waals surface area contributed by atoms with E-state index in [1.807, 2.05) is 18.2 Å². The fourth-order valence-electron chi connectivity index (χ4n) is 1.60. The number of hydrogen-bond donors (Lipinski definition) is 2. The third-order valence-electron chi connectivity index (χ3n) is 2.59. The number of benzene rings is 1. The van der Waals surface area contributed by atoms with Crippen LogP contribution in [0.3, 0.4) is 0 Å². The molecule has 1 aliphatic carbocycles. The Morgan fingerprint density at radius 3 is 2.80 bits per heavy atom. The van der Waals surface area contributed by atoms with Crippen molar-refractivity contribution in [3.05, 3.63) is 33.3 Å². The van der Waals surface area contributed by atoms with Crippen LogP contribution in [0.2, 0.25) is 5.02 Å². The Kier molecular flexibility index (Phi) is 3.67. The molecule has 1 saturated carbocycles. The highest BCUT2D eigenvalue weighted by molar-refractivity contribution is 9.10. The van der Waals surface area contributed by atoms with Gasteiger partial charge in [0.05, 0.1) is 0 Å². The maximum atomic E-state index is 5.90. The van der Waals surface area contributed by atoms with Crippen molar-refractivity contribution < 1.29 is 0 Å². The second kappa shape index (κ2) is 4.83. The van der Waals surface area contributed by atoms with Crippen molar-refractivity contribution in [3.8, 4) is 0 Å². The summed E-state index contributed by atoms with van der Waals surface area (Å²) in [6, 6.07) is 6.72. The summed E-state index contributed by atoms with van der Waals surface area (Å²) in [5, 5.41) is 4.26. The molecule has 0 spiro atoms. The zero-order valence-electron chi connectivity index (χ0n) is 8.34. The van der Waals surface area contributed by atoms with E-state index in [0.29, 0.717) is 12.6 Å². The molecule has 1 aliphatic rings. The van der Waals surface area contributed by atoms with Crippen LogP contribution in [0.5, 0.6) is 0 Å². The predicted octanol–water partition coefficient (Wildman–Crippen LogP) is 2.85. The molecule has 4 heteroatoms. The number of nitrogens with two attached hydrogens (primary N) is 1. The van der Waals surface area contributed by atoms with E-state index in [4.69, 9.17) is 17.3 Å². The number of nitrogens with one attached hydrogen (secondary N) is 1. The van der Waals surface area contributed by atoms with Gasteiger partial charge in [-0.05, 0) is 30.5 Å². The van der Waals surface area contributed by atoms with E-state index in [1.165, 1.54) is 18.4 Å². The van der Waals surface area contributed by atoms with E-state index in [9.17, 15) is 0 Å². The minimum absolute atomic E-state index is 0.226. The molecule has 3 N–H and O–H groups in total. The number of rotatable bonds is 4.